The summed E-state index contributed by atoms with van der Waals surface area (Å²) in [4.78, 5) is 13.9. The second-order valence-electron chi connectivity index (χ2n) is 7.72. The lowest BCUT2D eigenvalue weighted by Gasteiger charge is -2.20. The first kappa shape index (κ1) is 19.3. The highest BCUT2D eigenvalue weighted by atomic mass is 16.5. The summed E-state index contributed by atoms with van der Waals surface area (Å²) in [5.74, 6) is 1.03. The van der Waals surface area contributed by atoms with Crippen molar-refractivity contribution in [3.63, 3.8) is 0 Å². The molecule has 0 saturated heterocycles. The summed E-state index contributed by atoms with van der Waals surface area (Å²) in [7, 11) is 0. The summed E-state index contributed by atoms with van der Waals surface area (Å²) in [5, 5.41) is 10.5. The van der Waals surface area contributed by atoms with E-state index in [-0.39, 0.29) is 0 Å². The number of hydrogen-bond donors (Lipinski definition) is 2. The fraction of sp³-hybridized carbons (Fsp3) is 0.318. The molecule has 0 spiro atoms. The van der Waals surface area contributed by atoms with Gasteiger partial charge in [0, 0.05) is 18.4 Å². The Bertz CT molecular complexity index is 1160. The molecule has 3 N–H and O–H groups in total. The molecule has 0 fully saturated rings. The van der Waals surface area contributed by atoms with Crippen molar-refractivity contribution >= 4 is 27.9 Å². The van der Waals surface area contributed by atoms with Crippen LogP contribution in [-0.2, 0) is 17.9 Å². The van der Waals surface area contributed by atoms with Crippen LogP contribution in [0.1, 0.15) is 26.6 Å². The molecule has 0 aliphatic heterocycles. The van der Waals surface area contributed by atoms with Crippen molar-refractivity contribution in [1.29, 1.82) is 0 Å². The van der Waals surface area contributed by atoms with Gasteiger partial charge in [-0.15, -0.1) is 0 Å². The predicted molar refractivity (Wildman–Crippen MR) is 114 cm³/mol. The zero-order valence-electron chi connectivity index (χ0n) is 16.9. The zero-order valence-corrected chi connectivity index (χ0v) is 16.9. The highest BCUT2D eigenvalue weighted by Gasteiger charge is 2.23. The average Bonchev–Trinajstić information content (AvgIpc) is 3.04. The molecule has 1 aromatic carbocycles. The van der Waals surface area contributed by atoms with E-state index in [2.05, 4.69) is 9.97 Å². The number of pyridine rings is 2. The number of hydrogen-bond acceptors (Lipinski definition) is 6. The highest BCUT2D eigenvalue weighted by Crippen LogP contribution is 2.31. The third kappa shape index (κ3) is 3.79. The molecule has 0 atom stereocenters. The van der Waals surface area contributed by atoms with E-state index >= 15 is 0 Å². The molecule has 4 rings (SSSR count). The van der Waals surface area contributed by atoms with E-state index in [9.17, 15) is 5.11 Å². The molecule has 3 aromatic heterocycles. The number of imidazole rings is 1. The zero-order chi connectivity index (χ0) is 20.6. The number of aromatic nitrogens is 4. The van der Waals surface area contributed by atoms with Gasteiger partial charge in [0.25, 0.3) is 0 Å². The molecule has 4 aromatic rings. The molecule has 0 saturated carbocycles. The maximum Gasteiger partial charge on any atom is 0.152 e. The first-order valence-corrected chi connectivity index (χ1v) is 9.67. The number of nitrogens with zero attached hydrogens (tertiary/aromatic N) is 4. The smallest absolute Gasteiger partial charge is 0.152 e. The first-order valence-electron chi connectivity index (χ1n) is 9.67. The summed E-state index contributed by atoms with van der Waals surface area (Å²) >= 11 is 0. The number of benzene rings is 1. The lowest BCUT2D eigenvalue weighted by atomic mass is 10.1. The quantitative estimate of drug-likeness (QED) is 0.522. The Kier molecular flexibility index (Phi) is 4.94. The number of rotatable bonds is 6. The molecule has 0 aliphatic rings. The van der Waals surface area contributed by atoms with Gasteiger partial charge in [-0.2, -0.15) is 0 Å². The van der Waals surface area contributed by atoms with Crippen molar-refractivity contribution in [2.45, 2.75) is 39.5 Å². The number of nitrogen functional groups attached to an aromatic ring is 1. The van der Waals surface area contributed by atoms with Crippen LogP contribution in [0.2, 0.25) is 0 Å². The summed E-state index contributed by atoms with van der Waals surface area (Å²) < 4.78 is 7.53. The van der Waals surface area contributed by atoms with Crippen LogP contribution in [0.5, 0.6) is 0 Å². The number of nitrogens with two attached hydrogens (primary N) is 1. The molecule has 0 amide bonds. The Balaban J connectivity index is 1.96. The average molecular weight is 391 g/mol. The molecule has 0 unspecified atom stereocenters. The molecule has 0 aliphatic carbocycles. The molecule has 0 radical (unpaired) electrons. The van der Waals surface area contributed by atoms with Crippen LogP contribution in [0.4, 0.5) is 5.82 Å². The minimum Gasteiger partial charge on any atom is -0.389 e. The van der Waals surface area contributed by atoms with Crippen LogP contribution < -0.4 is 5.73 Å². The summed E-state index contributed by atoms with van der Waals surface area (Å²) in [6, 6.07) is 12.0. The second kappa shape index (κ2) is 7.42. The lowest BCUT2D eigenvalue weighted by molar-refractivity contribution is 0.0582. The van der Waals surface area contributed by atoms with Crippen LogP contribution in [-0.4, -0.2) is 36.8 Å². The number of anilines is 1. The minimum atomic E-state index is -0.942. The molecular weight excluding hydrogens is 366 g/mol. The van der Waals surface area contributed by atoms with Gasteiger partial charge in [0.15, 0.2) is 5.82 Å². The fourth-order valence-electron chi connectivity index (χ4n) is 3.47. The topological polar surface area (TPSA) is 99.1 Å². The van der Waals surface area contributed by atoms with Crippen molar-refractivity contribution in [2.75, 3.05) is 12.3 Å². The molecule has 29 heavy (non-hydrogen) atoms. The molecule has 7 nitrogen and oxygen atoms in total. The molecule has 3 heterocycles. The van der Waals surface area contributed by atoms with E-state index in [1.54, 1.807) is 13.8 Å². The lowest BCUT2D eigenvalue weighted by Crippen LogP contribution is -2.27. The van der Waals surface area contributed by atoms with Crippen LogP contribution in [0.25, 0.3) is 33.2 Å². The first-order chi connectivity index (χ1) is 13.9. The van der Waals surface area contributed by atoms with E-state index < -0.39 is 5.60 Å². The van der Waals surface area contributed by atoms with Gasteiger partial charge in [0.1, 0.15) is 29.0 Å². The van der Waals surface area contributed by atoms with E-state index in [4.69, 9.17) is 15.5 Å². The van der Waals surface area contributed by atoms with Gasteiger partial charge in [-0.1, -0.05) is 30.3 Å². The van der Waals surface area contributed by atoms with Gasteiger partial charge in [-0.3, -0.25) is 4.98 Å². The monoisotopic (exact) mass is 391 g/mol. The summed E-state index contributed by atoms with van der Waals surface area (Å²) in [6.45, 7) is 6.69. The molecule has 7 heteroatoms. The van der Waals surface area contributed by atoms with Crippen LogP contribution in [0.15, 0.2) is 42.6 Å². The van der Waals surface area contributed by atoms with Gasteiger partial charge in [-0.05, 0) is 32.4 Å². The second-order valence-corrected chi connectivity index (χ2v) is 7.72. The van der Waals surface area contributed by atoms with Gasteiger partial charge >= 0.3 is 0 Å². The van der Waals surface area contributed by atoms with E-state index in [1.807, 2.05) is 54.1 Å². The van der Waals surface area contributed by atoms with Crippen molar-refractivity contribution in [1.82, 2.24) is 19.5 Å². The largest absolute Gasteiger partial charge is 0.389 e. The number of aliphatic hydroxyl groups is 1. The molecule has 0 bridgehead atoms. The van der Waals surface area contributed by atoms with Crippen molar-refractivity contribution in [2.24, 2.45) is 0 Å². The predicted octanol–water partition coefficient (Wildman–Crippen LogP) is 3.54. The minimum absolute atomic E-state index is 0.324. The van der Waals surface area contributed by atoms with Crippen molar-refractivity contribution in [3.8, 4) is 11.1 Å². The van der Waals surface area contributed by atoms with Crippen molar-refractivity contribution in [3.05, 3.63) is 48.4 Å². The molecule has 150 valence electrons. The highest BCUT2D eigenvalue weighted by molar-refractivity contribution is 6.05. The van der Waals surface area contributed by atoms with Gasteiger partial charge < -0.3 is 20.1 Å². The Morgan fingerprint density at radius 1 is 1.10 bits per heavy atom. The Hall–Kier alpha value is -3.03. The maximum atomic E-state index is 10.5. The van der Waals surface area contributed by atoms with E-state index in [0.29, 0.717) is 48.0 Å². The van der Waals surface area contributed by atoms with Gasteiger partial charge in [0.2, 0.25) is 0 Å². The standard InChI is InChI=1S/C22H25N5O2/c1-4-29-12-17-26-19-20(27(17)13-22(2,3)28)18-16(25-21(19)23)10-15(11-24-18)14-8-6-5-7-9-14/h5-11,28H,4,12-13H2,1-3H3,(H2,23,25). The van der Waals surface area contributed by atoms with Crippen LogP contribution in [0, 0.1) is 0 Å². The van der Waals surface area contributed by atoms with Crippen LogP contribution in [0.3, 0.4) is 0 Å². The SMILES string of the molecule is CCOCc1nc2c(N)nc3cc(-c4ccccc4)cnc3c2n1CC(C)(C)O. The fourth-order valence-corrected chi connectivity index (χ4v) is 3.47. The summed E-state index contributed by atoms with van der Waals surface area (Å²) in [6.07, 6.45) is 1.83. The molecular formula is C22H25N5O2. The number of ether oxygens (including phenoxy) is 1. The van der Waals surface area contributed by atoms with Crippen LogP contribution >= 0.6 is 0 Å². The third-order valence-corrected chi connectivity index (χ3v) is 4.71. The van der Waals surface area contributed by atoms with Crippen molar-refractivity contribution < 1.29 is 9.84 Å². The normalized spacial score (nSPS) is 12.1. The third-order valence-electron chi connectivity index (χ3n) is 4.71. The Morgan fingerprint density at radius 2 is 1.86 bits per heavy atom. The Morgan fingerprint density at radius 3 is 2.55 bits per heavy atom. The Labute approximate surface area is 169 Å². The van der Waals surface area contributed by atoms with E-state index in [1.165, 1.54) is 0 Å². The summed E-state index contributed by atoms with van der Waals surface area (Å²) in [5.41, 5.74) is 10.1. The maximum absolute atomic E-state index is 10.5. The number of fused-ring (bicyclic) bond motifs is 3. The van der Waals surface area contributed by atoms with Gasteiger partial charge in [-0.25, -0.2) is 9.97 Å². The van der Waals surface area contributed by atoms with E-state index in [0.717, 1.165) is 16.6 Å². The van der Waals surface area contributed by atoms with Gasteiger partial charge in [0.05, 0.1) is 17.7 Å².